The van der Waals surface area contributed by atoms with Gasteiger partial charge in [-0.1, -0.05) is 11.3 Å². The van der Waals surface area contributed by atoms with E-state index >= 15 is 0 Å². The zero-order valence-electron chi connectivity index (χ0n) is 5.93. The zero-order valence-corrected chi connectivity index (χ0v) is 6.74. The molecule has 1 heterocycles. The summed E-state index contributed by atoms with van der Waals surface area (Å²) in [5, 5.41) is 9.91. The summed E-state index contributed by atoms with van der Waals surface area (Å²) >= 11 is 1.17. The van der Waals surface area contributed by atoms with Crippen LogP contribution in [0.25, 0.3) is 0 Å². The maximum atomic E-state index is 11.6. The van der Waals surface area contributed by atoms with Crippen molar-refractivity contribution in [2.24, 2.45) is 0 Å². The van der Waals surface area contributed by atoms with Crippen molar-refractivity contribution < 1.29 is 13.2 Å². The minimum atomic E-state index is -4.11. The van der Waals surface area contributed by atoms with Crippen LogP contribution in [0.4, 0.5) is 18.3 Å². The number of aromatic nitrogens is 2. The second kappa shape index (κ2) is 3.70. The largest absolute Gasteiger partial charge is 0.390 e. The topological polar surface area (TPSA) is 37.8 Å². The highest BCUT2D eigenvalue weighted by Crippen LogP contribution is 2.19. The summed E-state index contributed by atoms with van der Waals surface area (Å²) in [7, 11) is 0. The molecule has 0 amide bonds. The minimum absolute atomic E-state index is 0.154. The normalized spacial score (nSPS) is 11.6. The van der Waals surface area contributed by atoms with Crippen LogP contribution in [0.5, 0.6) is 0 Å². The molecular weight excluding hydrogens is 191 g/mol. The van der Waals surface area contributed by atoms with Crippen molar-refractivity contribution in [2.45, 2.75) is 12.6 Å². The van der Waals surface area contributed by atoms with Crippen LogP contribution >= 0.6 is 11.3 Å². The van der Waals surface area contributed by atoms with Crippen molar-refractivity contribution in [2.75, 3.05) is 11.9 Å². The Morgan fingerprint density at radius 2 is 2.25 bits per heavy atom. The van der Waals surface area contributed by atoms with Gasteiger partial charge in [-0.2, -0.15) is 13.2 Å². The van der Waals surface area contributed by atoms with Crippen LogP contribution in [-0.4, -0.2) is 22.9 Å². The molecular formula is C5H6F3N3S. The number of nitrogens with one attached hydrogen (secondary N) is 1. The molecule has 0 saturated heterocycles. The molecule has 68 valence electrons. The number of hydrogen-bond donors (Lipinski definition) is 1. The maximum absolute atomic E-state index is 11.6. The highest BCUT2D eigenvalue weighted by atomic mass is 32.1. The first-order valence-corrected chi connectivity index (χ1v) is 4.03. The maximum Gasteiger partial charge on any atom is 0.390 e. The van der Waals surface area contributed by atoms with Crippen LogP contribution in [0.15, 0.2) is 5.51 Å². The number of hydrogen-bond acceptors (Lipinski definition) is 4. The van der Waals surface area contributed by atoms with Gasteiger partial charge in [-0.15, -0.1) is 10.2 Å². The Labute approximate surface area is 70.6 Å². The molecule has 0 radical (unpaired) electrons. The van der Waals surface area contributed by atoms with Crippen molar-refractivity contribution in [3.63, 3.8) is 0 Å². The molecule has 0 unspecified atom stereocenters. The van der Waals surface area contributed by atoms with Gasteiger partial charge >= 0.3 is 6.18 Å². The number of anilines is 1. The van der Waals surface area contributed by atoms with Crippen molar-refractivity contribution in [1.29, 1.82) is 0 Å². The molecule has 3 nitrogen and oxygen atoms in total. The van der Waals surface area contributed by atoms with Crippen LogP contribution in [0.3, 0.4) is 0 Å². The number of alkyl halides is 3. The molecule has 0 atom stereocenters. The van der Waals surface area contributed by atoms with Gasteiger partial charge in [-0.05, 0) is 0 Å². The smallest absolute Gasteiger partial charge is 0.360 e. The van der Waals surface area contributed by atoms with Crippen LogP contribution in [0.1, 0.15) is 6.42 Å². The lowest BCUT2D eigenvalue weighted by Crippen LogP contribution is -2.14. The van der Waals surface area contributed by atoms with Crippen LogP contribution in [0.2, 0.25) is 0 Å². The van der Waals surface area contributed by atoms with Crippen molar-refractivity contribution in [3.05, 3.63) is 5.51 Å². The Balaban J connectivity index is 2.20. The van der Waals surface area contributed by atoms with E-state index in [2.05, 4.69) is 15.5 Å². The van der Waals surface area contributed by atoms with Crippen molar-refractivity contribution in [1.82, 2.24) is 10.2 Å². The third kappa shape index (κ3) is 3.51. The van der Waals surface area contributed by atoms with Crippen LogP contribution in [-0.2, 0) is 0 Å². The number of rotatable bonds is 3. The van der Waals surface area contributed by atoms with Gasteiger partial charge in [0.1, 0.15) is 5.51 Å². The van der Waals surface area contributed by atoms with Crippen LogP contribution in [0, 0.1) is 0 Å². The van der Waals surface area contributed by atoms with E-state index in [9.17, 15) is 13.2 Å². The first-order valence-electron chi connectivity index (χ1n) is 3.15. The van der Waals surface area contributed by atoms with Crippen molar-refractivity contribution >= 4 is 16.5 Å². The standard InChI is InChI=1S/C5H6F3N3S/c6-5(7,8)1-2-9-4-11-10-3-12-4/h3H,1-2H2,(H,9,11). The second-order valence-electron chi connectivity index (χ2n) is 2.04. The lowest BCUT2D eigenvalue weighted by atomic mass is 10.4. The van der Waals surface area contributed by atoms with Gasteiger partial charge in [0.2, 0.25) is 5.13 Å². The summed E-state index contributed by atoms with van der Waals surface area (Å²) in [6, 6.07) is 0. The monoisotopic (exact) mass is 197 g/mol. The molecule has 1 rings (SSSR count). The lowest BCUT2D eigenvalue weighted by molar-refractivity contribution is -0.131. The summed E-state index contributed by atoms with van der Waals surface area (Å²) in [6.07, 6.45) is -4.97. The van der Waals surface area contributed by atoms with E-state index in [1.54, 1.807) is 0 Å². The van der Waals surface area contributed by atoms with Gasteiger partial charge in [0, 0.05) is 6.54 Å². The molecule has 12 heavy (non-hydrogen) atoms. The molecule has 0 aliphatic rings. The number of halogens is 3. The fourth-order valence-corrected chi connectivity index (χ4v) is 1.04. The Morgan fingerprint density at radius 3 is 2.75 bits per heavy atom. The predicted octanol–water partition coefficient (Wildman–Crippen LogP) is 1.90. The van der Waals surface area contributed by atoms with E-state index in [0.717, 1.165) is 0 Å². The van der Waals surface area contributed by atoms with Crippen molar-refractivity contribution in [3.8, 4) is 0 Å². The van der Waals surface area contributed by atoms with Gasteiger partial charge in [0.05, 0.1) is 6.42 Å². The quantitative estimate of drug-likeness (QED) is 0.804. The fraction of sp³-hybridized carbons (Fsp3) is 0.600. The molecule has 0 aliphatic heterocycles. The molecule has 7 heteroatoms. The fourth-order valence-electron chi connectivity index (χ4n) is 0.561. The van der Waals surface area contributed by atoms with E-state index in [4.69, 9.17) is 0 Å². The third-order valence-corrected chi connectivity index (χ3v) is 1.69. The Hall–Kier alpha value is -0.850. The predicted molar refractivity (Wildman–Crippen MR) is 39.1 cm³/mol. The Kier molecular flexibility index (Phi) is 2.85. The highest BCUT2D eigenvalue weighted by Gasteiger charge is 2.26. The average Bonchev–Trinajstić information content (AvgIpc) is 2.36. The summed E-state index contributed by atoms with van der Waals surface area (Å²) in [5.74, 6) is 0. The molecule has 1 aromatic heterocycles. The lowest BCUT2D eigenvalue weighted by Gasteiger charge is -2.05. The molecule has 0 spiro atoms. The molecule has 1 N–H and O–H groups in total. The molecule has 0 bridgehead atoms. The third-order valence-electron chi connectivity index (χ3n) is 1.04. The van der Waals surface area contributed by atoms with Gasteiger partial charge in [0.15, 0.2) is 0 Å². The van der Waals surface area contributed by atoms with Gasteiger partial charge in [-0.25, -0.2) is 0 Å². The van der Waals surface area contributed by atoms with Gasteiger partial charge in [-0.3, -0.25) is 0 Å². The first kappa shape index (κ1) is 9.24. The Morgan fingerprint density at radius 1 is 1.50 bits per heavy atom. The summed E-state index contributed by atoms with van der Waals surface area (Å²) in [4.78, 5) is 0. The van der Waals surface area contributed by atoms with Gasteiger partial charge in [0.25, 0.3) is 0 Å². The average molecular weight is 197 g/mol. The van der Waals surface area contributed by atoms with E-state index in [1.807, 2.05) is 0 Å². The van der Waals surface area contributed by atoms with E-state index in [-0.39, 0.29) is 6.54 Å². The number of nitrogens with zero attached hydrogens (tertiary/aromatic N) is 2. The Bertz CT molecular complexity index is 220. The molecule has 1 aromatic rings. The van der Waals surface area contributed by atoms with E-state index in [0.29, 0.717) is 5.13 Å². The molecule has 0 saturated carbocycles. The molecule has 0 aliphatic carbocycles. The summed E-state index contributed by atoms with van der Waals surface area (Å²) in [6.45, 7) is -0.154. The first-order chi connectivity index (χ1) is 5.58. The van der Waals surface area contributed by atoms with E-state index in [1.165, 1.54) is 16.8 Å². The van der Waals surface area contributed by atoms with Gasteiger partial charge < -0.3 is 5.32 Å². The summed E-state index contributed by atoms with van der Waals surface area (Å²) < 4.78 is 34.8. The SMILES string of the molecule is FC(F)(F)CCNc1nncs1. The minimum Gasteiger partial charge on any atom is -0.360 e. The second-order valence-corrected chi connectivity index (χ2v) is 2.87. The van der Waals surface area contributed by atoms with Crippen LogP contribution < -0.4 is 5.32 Å². The molecule has 0 fully saturated rings. The highest BCUT2D eigenvalue weighted by molar-refractivity contribution is 7.13. The molecule has 0 aromatic carbocycles. The van der Waals surface area contributed by atoms with E-state index < -0.39 is 12.6 Å². The summed E-state index contributed by atoms with van der Waals surface area (Å²) in [5.41, 5.74) is 1.45. The zero-order chi connectivity index (χ0) is 9.03.